The van der Waals surface area contributed by atoms with Gasteiger partial charge in [0.15, 0.2) is 0 Å². The van der Waals surface area contributed by atoms with Crippen molar-refractivity contribution in [3.8, 4) is 5.75 Å². The summed E-state index contributed by atoms with van der Waals surface area (Å²) in [5, 5.41) is 9.90. The highest BCUT2D eigenvalue weighted by Crippen LogP contribution is 2.37. The Bertz CT molecular complexity index is 569. The number of aromatic hydroxyl groups is 1. The second-order valence-corrected chi connectivity index (χ2v) is 6.08. The Labute approximate surface area is 124 Å². The number of phenolic OH excluding ortho intramolecular Hbond substituents is 1. The molecule has 0 unspecified atom stereocenters. The van der Waals surface area contributed by atoms with E-state index in [0.717, 1.165) is 0 Å². The second-order valence-electron chi connectivity index (χ2n) is 6.08. The first-order valence-corrected chi connectivity index (χ1v) is 6.65. The number of anilines is 1. The molecule has 0 spiro atoms. The van der Waals surface area contributed by atoms with E-state index < -0.39 is 24.3 Å². The Kier molecular flexibility index (Phi) is 3.67. The molecule has 1 fully saturated rings. The minimum absolute atomic E-state index is 0.126. The van der Waals surface area contributed by atoms with E-state index in [4.69, 9.17) is 15.0 Å². The first kappa shape index (κ1) is 15.7. The molecule has 0 aliphatic carbocycles. The van der Waals surface area contributed by atoms with Crippen LogP contribution in [0.15, 0.2) is 12.1 Å². The summed E-state index contributed by atoms with van der Waals surface area (Å²) >= 11 is 0. The van der Waals surface area contributed by atoms with Crippen molar-refractivity contribution in [2.45, 2.75) is 38.9 Å². The van der Waals surface area contributed by atoms with E-state index in [-0.39, 0.29) is 17.0 Å². The Morgan fingerprint density at radius 3 is 2.24 bits per heavy atom. The van der Waals surface area contributed by atoms with Crippen molar-refractivity contribution >= 4 is 24.2 Å². The molecule has 1 aromatic rings. The number of hydrogen-bond donors (Lipinski definition) is 2. The molecule has 3 N–H and O–H groups in total. The zero-order valence-corrected chi connectivity index (χ0v) is 12.9. The van der Waals surface area contributed by atoms with Crippen LogP contribution in [-0.4, -0.2) is 36.5 Å². The molecule has 2 rings (SSSR count). The lowest BCUT2D eigenvalue weighted by atomic mass is 9.77. The molecular weight excluding hydrogens is 273 g/mol. The van der Waals surface area contributed by atoms with Crippen LogP contribution in [0.5, 0.6) is 5.75 Å². The summed E-state index contributed by atoms with van der Waals surface area (Å²) in [6, 6.07) is 2.78. The fourth-order valence-electron chi connectivity index (χ4n) is 2.06. The van der Waals surface area contributed by atoms with Gasteiger partial charge in [-0.05, 0) is 39.8 Å². The van der Waals surface area contributed by atoms with Crippen LogP contribution < -0.4 is 11.2 Å². The van der Waals surface area contributed by atoms with Crippen molar-refractivity contribution in [1.82, 2.24) is 0 Å². The van der Waals surface area contributed by atoms with Crippen LogP contribution in [0.1, 0.15) is 38.1 Å². The van der Waals surface area contributed by atoms with Crippen LogP contribution >= 0.6 is 0 Å². The molecular formula is C14H20BNO5. The van der Waals surface area contributed by atoms with Crippen LogP contribution in [0.3, 0.4) is 0 Å². The highest BCUT2D eigenvalue weighted by atomic mass is 16.7. The van der Waals surface area contributed by atoms with E-state index in [1.807, 2.05) is 27.7 Å². The van der Waals surface area contributed by atoms with Gasteiger partial charge in [0.25, 0.3) is 0 Å². The zero-order chi connectivity index (χ0) is 16.0. The Morgan fingerprint density at radius 1 is 1.24 bits per heavy atom. The van der Waals surface area contributed by atoms with Gasteiger partial charge in [0, 0.05) is 5.46 Å². The molecule has 1 heterocycles. The van der Waals surface area contributed by atoms with Gasteiger partial charge in [-0.1, -0.05) is 0 Å². The highest BCUT2D eigenvalue weighted by molar-refractivity contribution is 6.64. The number of esters is 1. The fraction of sp³-hybridized carbons (Fsp3) is 0.500. The molecule has 21 heavy (non-hydrogen) atoms. The molecule has 1 aliphatic heterocycles. The number of methoxy groups -OCH3 is 1. The number of nitrogens with two attached hydrogens (primary N) is 1. The minimum Gasteiger partial charge on any atom is -0.506 e. The standard InChI is InChI=1S/C14H20BNO5/c1-13(2)14(3,4)21-15(20-13)9-6-8(12(18)19-5)7-10(17)11(9)16/h6-7,17H,16H2,1-5H3. The number of phenols is 1. The maximum atomic E-state index is 11.6. The summed E-state index contributed by atoms with van der Waals surface area (Å²) in [6.45, 7) is 7.64. The lowest BCUT2D eigenvalue weighted by Gasteiger charge is -2.32. The van der Waals surface area contributed by atoms with Gasteiger partial charge < -0.3 is 24.9 Å². The summed E-state index contributed by atoms with van der Waals surface area (Å²) in [6.07, 6.45) is 0. The normalized spacial score (nSPS) is 19.6. The van der Waals surface area contributed by atoms with Crippen molar-refractivity contribution in [2.24, 2.45) is 0 Å². The number of ether oxygens (including phenoxy) is 1. The van der Waals surface area contributed by atoms with Gasteiger partial charge in [-0.25, -0.2) is 4.79 Å². The first-order chi connectivity index (χ1) is 9.59. The molecule has 1 aliphatic rings. The van der Waals surface area contributed by atoms with Crippen LogP contribution in [0.25, 0.3) is 0 Å². The van der Waals surface area contributed by atoms with Gasteiger partial charge in [-0.15, -0.1) is 0 Å². The van der Waals surface area contributed by atoms with Crippen LogP contribution in [0.2, 0.25) is 0 Å². The van der Waals surface area contributed by atoms with E-state index >= 15 is 0 Å². The van der Waals surface area contributed by atoms with Crippen LogP contribution in [-0.2, 0) is 14.0 Å². The first-order valence-electron chi connectivity index (χ1n) is 6.65. The fourth-order valence-corrected chi connectivity index (χ4v) is 2.06. The molecule has 1 saturated heterocycles. The molecule has 7 heteroatoms. The third kappa shape index (κ3) is 2.58. The average molecular weight is 293 g/mol. The molecule has 0 bridgehead atoms. The Morgan fingerprint density at radius 2 is 1.76 bits per heavy atom. The van der Waals surface area contributed by atoms with Crippen molar-refractivity contribution < 1.29 is 23.9 Å². The quantitative estimate of drug-likeness (QED) is 0.367. The minimum atomic E-state index is -0.759. The molecule has 114 valence electrons. The molecule has 0 atom stereocenters. The third-order valence-electron chi connectivity index (χ3n) is 4.12. The number of carbonyl (C=O) groups excluding carboxylic acids is 1. The van der Waals surface area contributed by atoms with E-state index in [0.29, 0.717) is 5.46 Å². The molecule has 0 radical (unpaired) electrons. The van der Waals surface area contributed by atoms with Gasteiger partial charge in [-0.3, -0.25) is 0 Å². The smallest absolute Gasteiger partial charge is 0.497 e. The monoisotopic (exact) mass is 293 g/mol. The van der Waals surface area contributed by atoms with Crippen molar-refractivity contribution in [3.05, 3.63) is 17.7 Å². The lowest BCUT2D eigenvalue weighted by Crippen LogP contribution is -2.41. The summed E-state index contributed by atoms with van der Waals surface area (Å²) in [4.78, 5) is 11.6. The Balaban J connectivity index is 2.46. The maximum Gasteiger partial charge on any atom is 0.497 e. The molecule has 0 aromatic heterocycles. The van der Waals surface area contributed by atoms with E-state index in [2.05, 4.69) is 4.74 Å². The van der Waals surface area contributed by atoms with Crippen molar-refractivity contribution in [1.29, 1.82) is 0 Å². The lowest BCUT2D eigenvalue weighted by molar-refractivity contribution is 0.00578. The number of benzene rings is 1. The predicted molar refractivity (Wildman–Crippen MR) is 79.6 cm³/mol. The average Bonchev–Trinajstić information content (AvgIpc) is 2.60. The van der Waals surface area contributed by atoms with Gasteiger partial charge in [0.1, 0.15) is 5.75 Å². The molecule has 1 aromatic carbocycles. The van der Waals surface area contributed by atoms with E-state index in [1.54, 1.807) is 0 Å². The zero-order valence-electron chi connectivity index (χ0n) is 12.9. The molecule has 6 nitrogen and oxygen atoms in total. The van der Waals surface area contributed by atoms with Crippen molar-refractivity contribution in [3.63, 3.8) is 0 Å². The summed E-state index contributed by atoms with van der Waals surface area (Å²) in [5.41, 5.74) is 5.53. The predicted octanol–water partition coefficient (Wildman–Crippen LogP) is 1.06. The maximum absolute atomic E-state index is 11.6. The highest BCUT2D eigenvalue weighted by Gasteiger charge is 2.52. The van der Waals surface area contributed by atoms with Gasteiger partial charge in [-0.2, -0.15) is 0 Å². The van der Waals surface area contributed by atoms with E-state index in [9.17, 15) is 9.90 Å². The number of carbonyl (C=O) groups is 1. The van der Waals surface area contributed by atoms with Gasteiger partial charge in [0.05, 0.1) is 29.6 Å². The Hall–Kier alpha value is -1.73. The summed E-state index contributed by atoms with van der Waals surface area (Å²) in [5.74, 6) is -0.773. The van der Waals surface area contributed by atoms with E-state index in [1.165, 1.54) is 19.2 Å². The SMILES string of the molecule is COC(=O)c1cc(O)c(N)c(B2OC(C)(C)C(C)(C)O2)c1. The third-order valence-corrected chi connectivity index (χ3v) is 4.12. The topological polar surface area (TPSA) is 91.0 Å². The second kappa shape index (κ2) is 4.93. The van der Waals surface area contributed by atoms with Gasteiger partial charge >= 0.3 is 13.1 Å². The molecule has 0 saturated carbocycles. The number of nitrogen functional groups attached to an aromatic ring is 1. The van der Waals surface area contributed by atoms with Crippen molar-refractivity contribution in [2.75, 3.05) is 12.8 Å². The van der Waals surface area contributed by atoms with Crippen LogP contribution in [0, 0.1) is 0 Å². The number of rotatable bonds is 2. The van der Waals surface area contributed by atoms with Gasteiger partial charge in [0.2, 0.25) is 0 Å². The summed E-state index contributed by atoms with van der Waals surface area (Å²) in [7, 11) is 0.509. The molecule has 0 amide bonds. The van der Waals surface area contributed by atoms with Crippen LogP contribution in [0.4, 0.5) is 5.69 Å². The summed E-state index contributed by atoms with van der Waals surface area (Å²) < 4.78 is 16.4. The number of hydrogen-bond acceptors (Lipinski definition) is 6. The largest absolute Gasteiger partial charge is 0.506 e.